The highest BCUT2D eigenvalue weighted by atomic mass is 16.5. The molecule has 7 nitrogen and oxygen atoms in total. The van der Waals surface area contributed by atoms with Crippen LogP contribution in [0.1, 0.15) is 0 Å². The van der Waals surface area contributed by atoms with Crippen LogP contribution in [-0.2, 0) is 4.74 Å². The fourth-order valence-electron chi connectivity index (χ4n) is 3.45. The molecule has 0 N–H and O–H groups in total. The summed E-state index contributed by atoms with van der Waals surface area (Å²) < 4.78 is 5.47. The standard InChI is InChI=1S/C23H28N6O/c1-27(2)19-9-5-17(6-10-19)21-22(18-7-11-20(12-8-18)28(3)4)25-26-23(24-21)29-13-15-30-16-14-29/h5-12H,13-16H2,1-4H3. The maximum atomic E-state index is 5.47. The van der Waals surface area contributed by atoms with E-state index in [9.17, 15) is 0 Å². The monoisotopic (exact) mass is 404 g/mol. The molecule has 156 valence electrons. The Bertz CT molecular complexity index is 980. The van der Waals surface area contributed by atoms with Crippen molar-refractivity contribution in [3.05, 3.63) is 48.5 Å². The summed E-state index contributed by atoms with van der Waals surface area (Å²) >= 11 is 0. The van der Waals surface area contributed by atoms with E-state index in [1.807, 2.05) is 28.2 Å². The van der Waals surface area contributed by atoms with Crippen molar-refractivity contribution < 1.29 is 4.74 Å². The van der Waals surface area contributed by atoms with Crippen LogP contribution >= 0.6 is 0 Å². The molecule has 1 aliphatic rings. The van der Waals surface area contributed by atoms with Crippen LogP contribution in [0.15, 0.2) is 48.5 Å². The molecule has 0 aliphatic carbocycles. The number of ether oxygens (including phenoxy) is 1. The minimum atomic E-state index is 0.652. The van der Waals surface area contributed by atoms with E-state index in [1.54, 1.807) is 0 Å². The third kappa shape index (κ3) is 4.21. The van der Waals surface area contributed by atoms with E-state index < -0.39 is 0 Å². The molecule has 3 aromatic rings. The predicted octanol–water partition coefficient (Wildman–Crippen LogP) is 3.17. The molecule has 0 amide bonds. The summed E-state index contributed by atoms with van der Waals surface area (Å²) in [5.74, 6) is 0.652. The van der Waals surface area contributed by atoms with Gasteiger partial charge in [-0.25, -0.2) is 4.98 Å². The summed E-state index contributed by atoms with van der Waals surface area (Å²) in [5, 5.41) is 9.07. The Morgan fingerprint density at radius 3 is 1.70 bits per heavy atom. The molecule has 2 aromatic carbocycles. The maximum Gasteiger partial charge on any atom is 0.246 e. The van der Waals surface area contributed by atoms with Crippen molar-refractivity contribution in [1.82, 2.24) is 15.2 Å². The van der Waals surface area contributed by atoms with E-state index in [0.29, 0.717) is 19.2 Å². The summed E-state index contributed by atoms with van der Waals surface area (Å²) in [6.45, 7) is 2.92. The summed E-state index contributed by atoms with van der Waals surface area (Å²) in [5.41, 5.74) is 5.94. The lowest BCUT2D eigenvalue weighted by molar-refractivity contribution is 0.122. The average molecular weight is 405 g/mol. The van der Waals surface area contributed by atoms with Crippen LogP contribution in [-0.4, -0.2) is 69.7 Å². The van der Waals surface area contributed by atoms with Gasteiger partial charge in [0.2, 0.25) is 5.95 Å². The van der Waals surface area contributed by atoms with Crippen LogP contribution in [0.5, 0.6) is 0 Å². The van der Waals surface area contributed by atoms with Gasteiger partial charge in [0.25, 0.3) is 0 Å². The summed E-state index contributed by atoms with van der Waals surface area (Å²) in [6, 6.07) is 16.7. The van der Waals surface area contributed by atoms with Crippen LogP contribution in [0, 0.1) is 0 Å². The Morgan fingerprint density at radius 2 is 1.20 bits per heavy atom. The third-order valence-corrected chi connectivity index (χ3v) is 5.28. The van der Waals surface area contributed by atoms with Crippen molar-refractivity contribution in [1.29, 1.82) is 0 Å². The number of benzene rings is 2. The smallest absolute Gasteiger partial charge is 0.246 e. The van der Waals surface area contributed by atoms with Gasteiger partial charge < -0.3 is 19.4 Å². The lowest BCUT2D eigenvalue weighted by Crippen LogP contribution is -2.37. The van der Waals surface area contributed by atoms with Gasteiger partial charge in [0, 0.05) is 63.8 Å². The first kappa shape index (κ1) is 20.1. The second kappa shape index (κ2) is 8.67. The van der Waals surface area contributed by atoms with E-state index in [0.717, 1.165) is 47.0 Å². The molecule has 4 rings (SSSR count). The van der Waals surface area contributed by atoms with E-state index in [4.69, 9.17) is 9.72 Å². The van der Waals surface area contributed by atoms with Crippen molar-refractivity contribution in [3.63, 3.8) is 0 Å². The van der Waals surface area contributed by atoms with Crippen molar-refractivity contribution in [2.24, 2.45) is 0 Å². The van der Waals surface area contributed by atoms with Gasteiger partial charge in [-0.05, 0) is 24.3 Å². The third-order valence-electron chi connectivity index (χ3n) is 5.28. The van der Waals surface area contributed by atoms with E-state index >= 15 is 0 Å². The number of nitrogens with zero attached hydrogens (tertiary/aromatic N) is 6. The molecule has 1 saturated heterocycles. The lowest BCUT2D eigenvalue weighted by Gasteiger charge is -2.26. The zero-order valence-electron chi connectivity index (χ0n) is 18.0. The molecule has 0 saturated carbocycles. The minimum absolute atomic E-state index is 0.652. The van der Waals surface area contributed by atoms with Crippen molar-refractivity contribution in [3.8, 4) is 22.5 Å². The fraction of sp³-hybridized carbons (Fsp3) is 0.348. The molecule has 2 heterocycles. The number of rotatable bonds is 5. The SMILES string of the molecule is CN(C)c1ccc(-c2nnc(N3CCOCC3)nc2-c2ccc(N(C)C)cc2)cc1. The molecule has 1 aliphatic heterocycles. The van der Waals surface area contributed by atoms with Gasteiger partial charge in [-0.2, -0.15) is 0 Å². The summed E-state index contributed by atoms with van der Waals surface area (Å²) in [4.78, 5) is 11.2. The van der Waals surface area contributed by atoms with Crippen LogP contribution in [0.2, 0.25) is 0 Å². The second-order valence-corrected chi connectivity index (χ2v) is 7.79. The molecule has 1 fully saturated rings. The molecule has 0 bridgehead atoms. The Morgan fingerprint density at radius 1 is 0.700 bits per heavy atom. The number of aromatic nitrogens is 3. The molecule has 7 heteroatoms. The van der Waals surface area contributed by atoms with Gasteiger partial charge in [-0.15, -0.1) is 10.2 Å². The van der Waals surface area contributed by atoms with Gasteiger partial charge in [0.15, 0.2) is 0 Å². The van der Waals surface area contributed by atoms with Crippen LogP contribution in [0.4, 0.5) is 17.3 Å². The average Bonchev–Trinajstić information content (AvgIpc) is 2.79. The quantitative estimate of drug-likeness (QED) is 0.647. The van der Waals surface area contributed by atoms with E-state index in [2.05, 4.69) is 73.4 Å². The molecule has 30 heavy (non-hydrogen) atoms. The first-order chi connectivity index (χ1) is 14.5. The normalized spacial score (nSPS) is 13.9. The molecule has 0 unspecified atom stereocenters. The van der Waals surface area contributed by atoms with Crippen molar-refractivity contribution >= 4 is 17.3 Å². The molecule has 0 atom stereocenters. The lowest BCUT2D eigenvalue weighted by atomic mass is 10.0. The Balaban J connectivity index is 1.78. The fourth-order valence-corrected chi connectivity index (χ4v) is 3.45. The first-order valence-electron chi connectivity index (χ1n) is 10.2. The van der Waals surface area contributed by atoms with Gasteiger partial charge in [-0.3, -0.25) is 0 Å². The Hall–Kier alpha value is -3.19. The summed E-state index contributed by atoms with van der Waals surface area (Å²) in [7, 11) is 8.14. The molecule has 0 radical (unpaired) electrons. The molecular weight excluding hydrogens is 376 g/mol. The summed E-state index contributed by atoms with van der Waals surface area (Å²) in [6.07, 6.45) is 0. The highest BCUT2D eigenvalue weighted by Crippen LogP contribution is 2.31. The minimum Gasteiger partial charge on any atom is -0.378 e. The Kier molecular flexibility index (Phi) is 5.81. The van der Waals surface area contributed by atoms with Crippen LogP contribution < -0.4 is 14.7 Å². The zero-order chi connectivity index (χ0) is 21.1. The number of hydrogen-bond acceptors (Lipinski definition) is 7. The Labute approximate surface area is 177 Å². The highest BCUT2D eigenvalue weighted by molar-refractivity contribution is 5.79. The van der Waals surface area contributed by atoms with Crippen molar-refractivity contribution in [2.75, 3.05) is 69.2 Å². The van der Waals surface area contributed by atoms with Crippen LogP contribution in [0.3, 0.4) is 0 Å². The number of anilines is 3. The van der Waals surface area contributed by atoms with E-state index in [1.165, 1.54) is 0 Å². The number of morpholine rings is 1. The topological polar surface area (TPSA) is 57.6 Å². The van der Waals surface area contributed by atoms with Gasteiger partial charge in [0.1, 0.15) is 11.4 Å². The molecular formula is C23H28N6O. The van der Waals surface area contributed by atoms with Crippen molar-refractivity contribution in [2.45, 2.75) is 0 Å². The largest absolute Gasteiger partial charge is 0.378 e. The molecule has 0 spiro atoms. The van der Waals surface area contributed by atoms with Gasteiger partial charge in [-0.1, -0.05) is 24.3 Å². The van der Waals surface area contributed by atoms with Gasteiger partial charge in [0.05, 0.1) is 13.2 Å². The van der Waals surface area contributed by atoms with E-state index in [-0.39, 0.29) is 0 Å². The highest BCUT2D eigenvalue weighted by Gasteiger charge is 2.19. The number of hydrogen-bond donors (Lipinski definition) is 0. The maximum absolute atomic E-state index is 5.47. The second-order valence-electron chi connectivity index (χ2n) is 7.79. The van der Waals surface area contributed by atoms with Gasteiger partial charge >= 0.3 is 0 Å². The van der Waals surface area contributed by atoms with Crippen LogP contribution in [0.25, 0.3) is 22.5 Å². The molecule has 1 aromatic heterocycles. The predicted molar refractivity (Wildman–Crippen MR) is 122 cm³/mol. The first-order valence-corrected chi connectivity index (χ1v) is 10.2. The zero-order valence-corrected chi connectivity index (χ0v) is 18.0.